The number of carbonyl (C=O) groups is 1. The first kappa shape index (κ1) is 17.5. The standard InChI is InChI=1S/C20H18N4O2S/c1-26-16-9-7-14(8-10-16)17-11-19(23-20-21-13-22-24(17)20)27-12-18(25)15-5-3-2-4-6-15/h2-10,13,17H,11-12H2,1H3/t17-/m0/s1. The SMILES string of the molecule is COc1ccc([C@@H]2CC(SCC(=O)c3ccccc3)=Nc3ncnn32)cc1. The first-order chi connectivity index (χ1) is 13.2. The fourth-order valence-electron chi connectivity index (χ4n) is 2.99. The largest absolute Gasteiger partial charge is 0.497 e. The number of aliphatic imine (C=N–C) groups is 1. The number of aromatic nitrogens is 3. The van der Waals surface area contributed by atoms with Crippen LogP contribution in [0.15, 0.2) is 65.9 Å². The van der Waals surface area contributed by atoms with Crippen molar-refractivity contribution >= 4 is 28.5 Å². The summed E-state index contributed by atoms with van der Waals surface area (Å²) in [6.45, 7) is 0. The molecule has 0 spiro atoms. The van der Waals surface area contributed by atoms with Gasteiger partial charge in [0.25, 0.3) is 0 Å². The predicted molar refractivity (Wildman–Crippen MR) is 106 cm³/mol. The van der Waals surface area contributed by atoms with Crippen LogP contribution in [0, 0.1) is 0 Å². The zero-order chi connectivity index (χ0) is 18.6. The third-order valence-corrected chi connectivity index (χ3v) is 5.41. The highest BCUT2D eigenvalue weighted by atomic mass is 32.2. The molecule has 0 amide bonds. The number of hydrogen-bond acceptors (Lipinski definition) is 6. The molecule has 0 fully saturated rings. The number of benzene rings is 2. The van der Waals surface area contributed by atoms with Crippen LogP contribution in [0.25, 0.3) is 0 Å². The number of methoxy groups -OCH3 is 1. The van der Waals surface area contributed by atoms with E-state index in [4.69, 9.17) is 4.74 Å². The lowest BCUT2D eigenvalue weighted by molar-refractivity contribution is 0.102. The Kier molecular flexibility index (Phi) is 5.02. The average Bonchev–Trinajstić information content (AvgIpc) is 3.21. The lowest BCUT2D eigenvalue weighted by Crippen LogP contribution is -2.20. The smallest absolute Gasteiger partial charge is 0.249 e. The van der Waals surface area contributed by atoms with Gasteiger partial charge in [-0.05, 0) is 17.7 Å². The van der Waals surface area contributed by atoms with Crippen LogP contribution in [-0.2, 0) is 0 Å². The predicted octanol–water partition coefficient (Wildman–Crippen LogP) is 3.93. The van der Waals surface area contributed by atoms with Crippen molar-refractivity contribution in [2.45, 2.75) is 12.5 Å². The Morgan fingerprint density at radius 3 is 2.70 bits per heavy atom. The third kappa shape index (κ3) is 3.78. The molecule has 4 rings (SSSR count). The van der Waals surface area contributed by atoms with Crippen LogP contribution in [0.4, 0.5) is 5.95 Å². The fourth-order valence-corrected chi connectivity index (χ4v) is 3.87. The third-order valence-electron chi connectivity index (χ3n) is 4.41. The maximum atomic E-state index is 12.4. The van der Waals surface area contributed by atoms with Gasteiger partial charge in [0.2, 0.25) is 5.95 Å². The summed E-state index contributed by atoms with van der Waals surface area (Å²) in [7, 11) is 1.65. The number of fused-ring (bicyclic) bond motifs is 1. The molecule has 0 bridgehead atoms. The number of carbonyl (C=O) groups excluding carboxylic acids is 1. The van der Waals surface area contributed by atoms with Crippen LogP contribution in [0.1, 0.15) is 28.4 Å². The molecule has 1 aromatic heterocycles. The number of ketones is 1. The summed E-state index contributed by atoms with van der Waals surface area (Å²) in [6.07, 6.45) is 2.19. The minimum absolute atomic E-state index is 0.000216. The Morgan fingerprint density at radius 2 is 1.96 bits per heavy atom. The number of nitrogens with zero attached hydrogens (tertiary/aromatic N) is 4. The molecule has 2 heterocycles. The molecule has 0 aliphatic carbocycles. The summed E-state index contributed by atoms with van der Waals surface area (Å²) in [5.41, 5.74) is 1.82. The summed E-state index contributed by atoms with van der Waals surface area (Å²) in [5.74, 6) is 1.82. The maximum absolute atomic E-state index is 12.4. The van der Waals surface area contributed by atoms with Crippen molar-refractivity contribution in [2.75, 3.05) is 12.9 Å². The van der Waals surface area contributed by atoms with Gasteiger partial charge in [-0.15, -0.1) is 11.8 Å². The molecular formula is C20H18N4O2S. The topological polar surface area (TPSA) is 69.4 Å². The van der Waals surface area contributed by atoms with Crippen LogP contribution in [0.5, 0.6) is 5.75 Å². The Hall–Kier alpha value is -2.93. The molecular weight excluding hydrogens is 360 g/mol. The molecule has 0 saturated carbocycles. The highest BCUT2D eigenvalue weighted by molar-refractivity contribution is 8.14. The van der Waals surface area contributed by atoms with Crippen LogP contribution in [0.3, 0.4) is 0 Å². The zero-order valence-electron chi connectivity index (χ0n) is 14.8. The van der Waals surface area contributed by atoms with Crippen molar-refractivity contribution in [1.82, 2.24) is 14.8 Å². The molecule has 27 heavy (non-hydrogen) atoms. The van der Waals surface area contributed by atoms with E-state index in [0.717, 1.165) is 21.9 Å². The van der Waals surface area contributed by atoms with Crippen LogP contribution < -0.4 is 4.74 Å². The van der Waals surface area contributed by atoms with Crippen molar-refractivity contribution in [3.8, 4) is 5.75 Å². The van der Waals surface area contributed by atoms with E-state index in [-0.39, 0.29) is 11.8 Å². The highest BCUT2D eigenvalue weighted by Crippen LogP contribution is 2.34. The summed E-state index contributed by atoms with van der Waals surface area (Å²) >= 11 is 1.47. The van der Waals surface area contributed by atoms with E-state index in [1.54, 1.807) is 7.11 Å². The van der Waals surface area contributed by atoms with E-state index in [1.165, 1.54) is 18.1 Å². The Balaban J connectivity index is 1.52. The van der Waals surface area contributed by atoms with Crippen LogP contribution in [-0.4, -0.2) is 38.5 Å². The summed E-state index contributed by atoms with van der Waals surface area (Å²) < 4.78 is 7.06. The van der Waals surface area contributed by atoms with E-state index in [0.29, 0.717) is 18.1 Å². The van der Waals surface area contributed by atoms with E-state index >= 15 is 0 Å². The number of ether oxygens (including phenoxy) is 1. The number of rotatable bonds is 5. The fraction of sp³-hybridized carbons (Fsp3) is 0.200. The molecule has 6 nitrogen and oxygen atoms in total. The molecule has 1 aliphatic heterocycles. The number of Topliss-reactive ketones (excluding diaryl/α,β-unsaturated/α-hetero) is 1. The molecule has 1 atom stereocenters. The van der Waals surface area contributed by atoms with Gasteiger partial charge >= 0.3 is 0 Å². The van der Waals surface area contributed by atoms with Crippen molar-refractivity contribution in [3.63, 3.8) is 0 Å². The van der Waals surface area contributed by atoms with Gasteiger partial charge in [-0.2, -0.15) is 10.1 Å². The minimum Gasteiger partial charge on any atom is -0.497 e. The molecule has 1 aliphatic rings. The van der Waals surface area contributed by atoms with Gasteiger partial charge in [0.05, 0.1) is 23.9 Å². The zero-order valence-corrected chi connectivity index (χ0v) is 15.6. The quantitative estimate of drug-likeness (QED) is 0.629. The van der Waals surface area contributed by atoms with Crippen molar-refractivity contribution in [1.29, 1.82) is 0 Å². The van der Waals surface area contributed by atoms with Gasteiger partial charge in [-0.25, -0.2) is 9.67 Å². The molecule has 0 N–H and O–H groups in total. The molecule has 7 heteroatoms. The van der Waals surface area contributed by atoms with Gasteiger partial charge in [0, 0.05) is 12.0 Å². The van der Waals surface area contributed by atoms with Crippen molar-refractivity contribution in [3.05, 3.63) is 72.1 Å². The first-order valence-corrected chi connectivity index (χ1v) is 9.55. The lowest BCUT2D eigenvalue weighted by atomic mass is 10.0. The number of hydrogen-bond donors (Lipinski definition) is 0. The first-order valence-electron chi connectivity index (χ1n) is 8.56. The molecule has 0 radical (unpaired) electrons. The molecule has 0 unspecified atom stereocenters. The van der Waals surface area contributed by atoms with Gasteiger partial charge in [0.1, 0.15) is 12.1 Å². The van der Waals surface area contributed by atoms with Crippen molar-refractivity contribution in [2.24, 2.45) is 4.99 Å². The Labute approximate surface area is 161 Å². The molecule has 2 aromatic carbocycles. The normalized spacial score (nSPS) is 15.7. The van der Waals surface area contributed by atoms with Crippen LogP contribution in [0.2, 0.25) is 0 Å². The highest BCUT2D eigenvalue weighted by Gasteiger charge is 2.26. The second-order valence-corrected chi connectivity index (χ2v) is 7.13. The Morgan fingerprint density at radius 1 is 1.19 bits per heavy atom. The van der Waals surface area contributed by atoms with Crippen molar-refractivity contribution < 1.29 is 9.53 Å². The summed E-state index contributed by atoms with van der Waals surface area (Å²) in [4.78, 5) is 21.2. The molecule has 3 aromatic rings. The van der Waals surface area contributed by atoms with Crippen LogP contribution >= 0.6 is 11.8 Å². The van der Waals surface area contributed by atoms with E-state index < -0.39 is 0 Å². The summed E-state index contributed by atoms with van der Waals surface area (Å²) in [6, 6.07) is 17.2. The molecule has 0 saturated heterocycles. The maximum Gasteiger partial charge on any atom is 0.249 e. The molecule has 136 valence electrons. The van der Waals surface area contributed by atoms with Gasteiger partial charge in [-0.3, -0.25) is 4.79 Å². The lowest BCUT2D eigenvalue weighted by Gasteiger charge is -2.23. The second kappa shape index (κ2) is 7.75. The van der Waals surface area contributed by atoms with E-state index in [1.807, 2.05) is 59.3 Å². The summed E-state index contributed by atoms with van der Waals surface area (Å²) in [5, 5.41) is 5.21. The monoisotopic (exact) mass is 378 g/mol. The number of thioether (sulfide) groups is 1. The van der Waals surface area contributed by atoms with E-state index in [2.05, 4.69) is 15.1 Å². The van der Waals surface area contributed by atoms with E-state index in [9.17, 15) is 4.79 Å². The second-order valence-electron chi connectivity index (χ2n) is 6.08. The van der Waals surface area contributed by atoms with Gasteiger partial charge in [-0.1, -0.05) is 42.5 Å². The average molecular weight is 378 g/mol. The Bertz CT molecular complexity index is 967. The van der Waals surface area contributed by atoms with Gasteiger partial charge in [0.15, 0.2) is 5.78 Å². The minimum atomic E-state index is 0.000216. The van der Waals surface area contributed by atoms with Gasteiger partial charge < -0.3 is 4.74 Å².